The molecule has 3 aromatic carbocycles. The molecule has 11 N–H and O–H groups in total. The van der Waals surface area contributed by atoms with Gasteiger partial charge in [-0.25, -0.2) is 0 Å². The van der Waals surface area contributed by atoms with E-state index in [2.05, 4.69) is 20.9 Å². The van der Waals surface area contributed by atoms with Crippen molar-refractivity contribution in [1.29, 1.82) is 0 Å². The summed E-state index contributed by atoms with van der Waals surface area (Å²) in [5, 5.41) is 19.1. The summed E-state index contributed by atoms with van der Waals surface area (Å²) in [6, 6.07) is 19.2. The zero-order valence-electron chi connectivity index (χ0n) is 26.9. The van der Waals surface area contributed by atoms with Crippen LogP contribution in [0.2, 0.25) is 0 Å². The van der Waals surface area contributed by atoms with Crippen molar-refractivity contribution in [3.8, 4) is 16.9 Å². The van der Waals surface area contributed by atoms with Gasteiger partial charge in [0.25, 0.3) is 0 Å². The van der Waals surface area contributed by atoms with Gasteiger partial charge in [-0.05, 0) is 79.2 Å². The molecule has 0 unspecified atom stereocenters. The standard InChI is InChI=1S/C36H45N7O5/c37-17-5-4-9-30(34(39)46)42-35(47)31(19-23-11-13-25(14-12-23)24-7-2-1-3-8-24)43-36(48)32(41-33(45)10-6-18-38)20-26-22-40-29-16-15-27(44)21-28(26)29/h1-3,7-8,11-16,21-22,30-32,40,44H,4-6,9-10,17-20,37-38H2,(H2,39,46)(H,41,45)(H,42,47)(H,43,48)/t30-,31-,32-/m0/s1. The molecule has 48 heavy (non-hydrogen) atoms. The lowest BCUT2D eigenvalue weighted by atomic mass is 9.99. The van der Waals surface area contributed by atoms with E-state index in [0.29, 0.717) is 49.7 Å². The lowest BCUT2D eigenvalue weighted by Gasteiger charge is -2.25. The Labute approximate surface area is 279 Å². The average molecular weight is 656 g/mol. The number of rotatable bonds is 18. The monoisotopic (exact) mass is 655 g/mol. The first kappa shape index (κ1) is 35.7. The molecular weight excluding hydrogens is 610 g/mol. The summed E-state index contributed by atoms with van der Waals surface area (Å²) in [7, 11) is 0. The van der Waals surface area contributed by atoms with E-state index in [0.717, 1.165) is 22.2 Å². The number of nitrogens with one attached hydrogen (secondary N) is 4. The van der Waals surface area contributed by atoms with Crippen LogP contribution < -0.4 is 33.2 Å². The minimum atomic E-state index is -1.10. The quantitative estimate of drug-likeness (QED) is 0.0746. The fraction of sp³-hybridized carbons (Fsp3) is 0.333. The number of benzene rings is 3. The number of carbonyl (C=O) groups excluding carboxylic acids is 4. The number of hydrogen-bond donors (Lipinski definition) is 8. The molecule has 12 nitrogen and oxygen atoms in total. The van der Waals surface area contributed by atoms with Crippen molar-refractivity contribution >= 4 is 34.5 Å². The highest BCUT2D eigenvalue weighted by molar-refractivity contribution is 5.95. The lowest BCUT2D eigenvalue weighted by Crippen LogP contribution is -2.57. The van der Waals surface area contributed by atoms with Gasteiger partial charge in [0, 0.05) is 36.4 Å². The molecule has 0 spiro atoms. The Morgan fingerprint density at radius 1 is 0.729 bits per heavy atom. The SMILES string of the molecule is NCCCC[C@H](NC(=O)[C@H](Cc1ccc(-c2ccccc2)cc1)NC(=O)[C@H](Cc1c[nH]c2ccc(O)cc12)NC(=O)CCCN)C(N)=O. The number of carbonyl (C=O) groups is 4. The zero-order valence-corrected chi connectivity index (χ0v) is 26.9. The van der Waals surface area contributed by atoms with Crippen molar-refractivity contribution in [2.45, 2.75) is 63.1 Å². The normalized spacial score (nSPS) is 13.0. The predicted molar refractivity (Wildman–Crippen MR) is 185 cm³/mol. The van der Waals surface area contributed by atoms with Crippen molar-refractivity contribution < 1.29 is 24.3 Å². The molecule has 0 aliphatic carbocycles. The minimum Gasteiger partial charge on any atom is -0.508 e. The minimum absolute atomic E-state index is 0.0572. The van der Waals surface area contributed by atoms with Crippen LogP contribution in [0.15, 0.2) is 79.0 Å². The van der Waals surface area contributed by atoms with Gasteiger partial charge in [-0.1, -0.05) is 54.6 Å². The van der Waals surface area contributed by atoms with Crippen LogP contribution in [0.25, 0.3) is 22.0 Å². The van der Waals surface area contributed by atoms with Gasteiger partial charge in [0.2, 0.25) is 23.6 Å². The molecule has 0 saturated carbocycles. The number of unbranched alkanes of at least 4 members (excludes halogenated alkanes) is 1. The fourth-order valence-electron chi connectivity index (χ4n) is 5.53. The number of nitrogens with two attached hydrogens (primary N) is 3. The molecule has 1 heterocycles. The third-order valence-electron chi connectivity index (χ3n) is 8.18. The van der Waals surface area contributed by atoms with E-state index in [9.17, 15) is 24.3 Å². The summed E-state index contributed by atoms with van der Waals surface area (Å²) >= 11 is 0. The predicted octanol–water partition coefficient (Wildman–Crippen LogP) is 2.13. The number of primary amides is 1. The third kappa shape index (κ3) is 10.1. The van der Waals surface area contributed by atoms with Crippen molar-refractivity contribution in [2.75, 3.05) is 13.1 Å². The third-order valence-corrected chi connectivity index (χ3v) is 8.18. The molecule has 0 radical (unpaired) electrons. The fourth-order valence-corrected chi connectivity index (χ4v) is 5.53. The molecule has 3 atom stereocenters. The van der Waals surface area contributed by atoms with Crippen LogP contribution in [0.3, 0.4) is 0 Å². The van der Waals surface area contributed by atoms with Gasteiger partial charge in [-0.15, -0.1) is 0 Å². The van der Waals surface area contributed by atoms with Crippen molar-refractivity contribution in [3.05, 3.63) is 90.1 Å². The van der Waals surface area contributed by atoms with E-state index in [1.165, 1.54) is 0 Å². The Balaban J connectivity index is 1.60. The van der Waals surface area contributed by atoms with Gasteiger partial charge in [-0.3, -0.25) is 19.2 Å². The van der Waals surface area contributed by atoms with Crippen molar-refractivity contribution in [2.24, 2.45) is 17.2 Å². The van der Waals surface area contributed by atoms with Crippen LogP contribution >= 0.6 is 0 Å². The van der Waals surface area contributed by atoms with E-state index >= 15 is 0 Å². The topological polar surface area (TPSA) is 218 Å². The molecule has 0 aliphatic rings. The van der Waals surface area contributed by atoms with Gasteiger partial charge in [0.1, 0.15) is 23.9 Å². The second-order valence-electron chi connectivity index (χ2n) is 11.8. The number of hydrogen-bond acceptors (Lipinski definition) is 7. The summed E-state index contributed by atoms with van der Waals surface area (Å²) in [5.41, 5.74) is 21.0. The van der Waals surface area contributed by atoms with Gasteiger partial charge in [-0.2, -0.15) is 0 Å². The van der Waals surface area contributed by atoms with Crippen molar-refractivity contribution in [1.82, 2.24) is 20.9 Å². The molecule has 0 saturated heterocycles. The Morgan fingerprint density at radius 2 is 1.38 bits per heavy atom. The van der Waals surface area contributed by atoms with Gasteiger partial charge >= 0.3 is 0 Å². The van der Waals surface area contributed by atoms with Crippen LogP contribution in [0.1, 0.15) is 43.2 Å². The van der Waals surface area contributed by atoms with E-state index < -0.39 is 35.8 Å². The first-order valence-electron chi connectivity index (χ1n) is 16.2. The molecule has 4 aromatic rings. The summed E-state index contributed by atoms with van der Waals surface area (Å²) in [6.45, 7) is 0.745. The zero-order chi connectivity index (χ0) is 34.5. The van der Waals surface area contributed by atoms with E-state index in [4.69, 9.17) is 17.2 Å². The number of aromatic amines is 1. The molecular formula is C36H45N7O5. The second kappa shape index (κ2) is 17.6. The maximum Gasteiger partial charge on any atom is 0.243 e. The molecule has 1 aromatic heterocycles. The molecule has 0 fully saturated rings. The first-order valence-corrected chi connectivity index (χ1v) is 16.2. The number of aromatic nitrogens is 1. The van der Waals surface area contributed by atoms with E-state index in [-0.39, 0.29) is 30.9 Å². The molecule has 12 heteroatoms. The van der Waals surface area contributed by atoms with Gasteiger partial charge in [0.15, 0.2) is 0 Å². The number of amides is 4. The van der Waals surface area contributed by atoms with Gasteiger partial charge in [0.05, 0.1) is 0 Å². The highest BCUT2D eigenvalue weighted by Gasteiger charge is 2.30. The average Bonchev–Trinajstić information content (AvgIpc) is 3.48. The van der Waals surface area contributed by atoms with E-state index in [1.54, 1.807) is 24.4 Å². The Hall–Kier alpha value is -5.20. The molecule has 0 bridgehead atoms. The second-order valence-corrected chi connectivity index (χ2v) is 11.8. The Morgan fingerprint density at radius 3 is 2.04 bits per heavy atom. The molecule has 4 rings (SSSR count). The largest absolute Gasteiger partial charge is 0.508 e. The van der Waals surface area contributed by atoms with Crippen LogP contribution in [0, 0.1) is 0 Å². The number of H-pyrrole nitrogens is 1. The Kier molecular flexibility index (Phi) is 13.1. The number of aromatic hydroxyl groups is 1. The van der Waals surface area contributed by atoms with Gasteiger partial charge < -0.3 is 43.2 Å². The first-order chi connectivity index (χ1) is 23.2. The maximum atomic E-state index is 14.0. The van der Waals surface area contributed by atoms with Crippen LogP contribution in [-0.2, 0) is 32.0 Å². The molecule has 254 valence electrons. The molecule has 4 amide bonds. The molecule has 0 aliphatic heterocycles. The van der Waals surface area contributed by atoms with Crippen LogP contribution in [0.5, 0.6) is 5.75 Å². The van der Waals surface area contributed by atoms with Crippen LogP contribution in [0.4, 0.5) is 0 Å². The maximum absolute atomic E-state index is 14.0. The highest BCUT2D eigenvalue weighted by atomic mass is 16.3. The smallest absolute Gasteiger partial charge is 0.243 e. The van der Waals surface area contributed by atoms with Crippen molar-refractivity contribution in [3.63, 3.8) is 0 Å². The summed E-state index contributed by atoms with van der Waals surface area (Å²) < 4.78 is 0. The summed E-state index contributed by atoms with van der Waals surface area (Å²) in [4.78, 5) is 55.9. The number of fused-ring (bicyclic) bond motifs is 1. The number of phenolic OH excluding ortho intramolecular Hbond substituents is 1. The summed E-state index contributed by atoms with van der Waals surface area (Å²) in [5.74, 6) is -2.18. The highest BCUT2D eigenvalue weighted by Crippen LogP contribution is 2.24. The Bertz CT molecular complexity index is 1670. The number of phenols is 1. The lowest BCUT2D eigenvalue weighted by molar-refractivity contribution is -0.133. The summed E-state index contributed by atoms with van der Waals surface area (Å²) in [6.07, 6.45) is 4.00. The van der Waals surface area contributed by atoms with Crippen LogP contribution in [-0.4, -0.2) is 64.9 Å². The van der Waals surface area contributed by atoms with E-state index in [1.807, 2.05) is 54.6 Å².